The van der Waals surface area contributed by atoms with Gasteiger partial charge in [-0.05, 0) is 17.2 Å². The Bertz CT molecular complexity index is 525. The third kappa shape index (κ3) is 3.83. The summed E-state index contributed by atoms with van der Waals surface area (Å²) >= 11 is 5.76. The van der Waals surface area contributed by atoms with Crippen LogP contribution in [0.3, 0.4) is 0 Å². The summed E-state index contributed by atoms with van der Waals surface area (Å²) < 4.78 is 0. The van der Waals surface area contributed by atoms with Crippen LogP contribution in [0, 0.1) is 0 Å². The zero-order valence-electron chi connectivity index (χ0n) is 11.1. The fraction of sp³-hybridized carbons (Fsp3) is 0.286. The summed E-state index contributed by atoms with van der Waals surface area (Å²) in [4.78, 5) is 10.5. The van der Waals surface area contributed by atoms with Crippen molar-refractivity contribution in [2.24, 2.45) is 0 Å². The first kappa shape index (κ1) is 13.6. The van der Waals surface area contributed by atoms with Gasteiger partial charge in [0, 0.05) is 32.7 Å². The van der Waals surface area contributed by atoms with Gasteiger partial charge in [-0.15, -0.1) is 11.6 Å². The number of benzene rings is 1. The van der Waals surface area contributed by atoms with Crippen molar-refractivity contribution in [3.63, 3.8) is 0 Å². The minimum Gasteiger partial charge on any atom is -0.366 e. The minimum absolute atomic E-state index is 0.547. The Balaban J connectivity index is 1.99. The van der Waals surface area contributed by atoms with Gasteiger partial charge >= 0.3 is 0 Å². The molecule has 0 aliphatic rings. The van der Waals surface area contributed by atoms with E-state index >= 15 is 0 Å². The van der Waals surface area contributed by atoms with Crippen molar-refractivity contribution in [1.29, 1.82) is 0 Å². The molecule has 100 valence electrons. The third-order valence-electron chi connectivity index (χ3n) is 2.69. The van der Waals surface area contributed by atoms with Gasteiger partial charge in [-0.2, -0.15) is 4.98 Å². The third-order valence-corrected chi connectivity index (χ3v) is 3.00. The number of alkyl halides is 1. The van der Waals surface area contributed by atoms with Gasteiger partial charge < -0.3 is 10.2 Å². The average Bonchev–Trinajstić information content (AvgIpc) is 2.46. The number of nitrogens with zero attached hydrogens (tertiary/aromatic N) is 3. The Hall–Kier alpha value is -1.81. The van der Waals surface area contributed by atoms with E-state index in [1.807, 2.05) is 37.2 Å². The van der Waals surface area contributed by atoms with Gasteiger partial charge in [-0.25, -0.2) is 4.98 Å². The summed E-state index contributed by atoms with van der Waals surface area (Å²) in [5, 5.41) is 3.28. The van der Waals surface area contributed by atoms with Crippen LogP contribution in [0.1, 0.15) is 11.1 Å². The molecule has 4 nitrogen and oxygen atoms in total. The van der Waals surface area contributed by atoms with E-state index in [9.17, 15) is 0 Å². The molecule has 0 atom stereocenters. The second kappa shape index (κ2) is 6.38. The fourth-order valence-corrected chi connectivity index (χ4v) is 1.78. The number of anilines is 2. The number of hydrogen-bond donors (Lipinski definition) is 1. The standard InChI is InChI=1S/C14H17ClN4/c1-19(2)14-16-8-7-13(18-14)17-10-12-5-3-11(9-15)4-6-12/h3-8H,9-10H2,1-2H3,(H,16,17,18). The van der Waals surface area contributed by atoms with Crippen molar-refractivity contribution < 1.29 is 0 Å². The summed E-state index contributed by atoms with van der Waals surface area (Å²) in [7, 11) is 3.84. The van der Waals surface area contributed by atoms with Crippen LogP contribution in [0.25, 0.3) is 0 Å². The van der Waals surface area contributed by atoms with Gasteiger partial charge in [0.15, 0.2) is 0 Å². The molecule has 1 heterocycles. The summed E-state index contributed by atoms with van der Waals surface area (Å²) in [6.07, 6.45) is 1.75. The molecule has 0 bridgehead atoms. The molecule has 1 N–H and O–H groups in total. The molecule has 2 rings (SSSR count). The van der Waals surface area contributed by atoms with Gasteiger partial charge in [0.25, 0.3) is 0 Å². The van der Waals surface area contributed by atoms with E-state index in [-0.39, 0.29) is 0 Å². The van der Waals surface area contributed by atoms with Crippen LogP contribution < -0.4 is 10.2 Å². The van der Waals surface area contributed by atoms with E-state index in [2.05, 4.69) is 27.4 Å². The van der Waals surface area contributed by atoms with Crippen molar-refractivity contribution in [2.45, 2.75) is 12.4 Å². The summed E-state index contributed by atoms with van der Waals surface area (Å²) in [5.74, 6) is 2.06. The number of halogens is 1. The lowest BCUT2D eigenvalue weighted by Crippen LogP contribution is -2.13. The number of aromatic nitrogens is 2. The molecule has 0 aliphatic carbocycles. The van der Waals surface area contributed by atoms with Crippen LogP contribution in [-0.2, 0) is 12.4 Å². The predicted molar refractivity (Wildman–Crippen MR) is 79.7 cm³/mol. The summed E-state index contributed by atoms with van der Waals surface area (Å²) in [5.41, 5.74) is 2.32. The lowest BCUT2D eigenvalue weighted by molar-refractivity contribution is 0.987. The predicted octanol–water partition coefficient (Wildman–Crippen LogP) is 2.89. The molecule has 0 spiro atoms. The maximum absolute atomic E-state index is 5.76. The molecule has 0 radical (unpaired) electrons. The highest BCUT2D eigenvalue weighted by molar-refractivity contribution is 6.17. The van der Waals surface area contributed by atoms with Crippen LogP contribution in [-0.4, -0.2) is 24.1 Å². The SMILES string of the molecule is CN(C)c1nccc(NCc2ccc(CCl)cc2)n1. The highest BCUT2D eigenvalue weighted by Crippen LogP contribution is 2.11. The van der Waals surface area contributed by atoms with E-state index in [0.29, 0.717) is 11.8 Å². The topological polar surface area (TPSA) is 41.1 Å². The van der Waals surface area contributed by atoms with E-state index in [1.165, 1.54) is 5.56 Å². The van der Waals surface area contributed by atoms with Crippen molar-refractivity contribution in [2.75, 3.05) is 24.3 Å². The van der Waals surface area contributed by atoms with Crippen LogP contribution in [0.15, 0.2) is 36.5 Å². The lowest BCUT2D eigenvalue weighted by Gasteiger charge is -2.11. The number of hydrogen-bond acceptors (Lipinski definition) is 4. The second-order valence-electron chi connectivity index (χ2n) is 4.44. The maximum Gasteiger partial charge on any atom is 0.226 e. The van der Waals surface area contributed by atoms with Gasteiger partial charge in [0.1, 0.15) is 5.82 Å². The minimum atomic E-state index is 0.547. The second-order valence-corrected chi connectivity index (χ2v) is 4.71. The van der Waals surface area contributed by atoms with E-state index in [0.717, 1.165) is 17.9 Å². The van der Waals surface area contributed by atoms with Gasteiger partial charge in [0.2, 0.25) is 5.95 Å². The first-order chi connectivity index (χ1) is 9.19. The molecule has 1 aromatic carbocycles. The zero-order valence-corrected chi connectivity index (χ0v) is 11.9. The highest BCUT2D eigenvalue weighted by Gasteiger charge is 2.01. The molecule has 0 fully saturated rings. The molecule has 5 heteroatoms. The molecule has 0 saturated heterocycles. The molecular weight excluding hydrogens is 260 g/mol. The molecule has 0 unspecified atom stereocenters. The van der Waals surface area contributed by atoms with Crippen LogP contribution in [0.2, 0.25) is 0 Å². The molecule has 0 saturated carbocycles. The van der Waals surface area contributed by atoms with Gasteiger partial charge in [-0.1, -0.05) is 24.3 Å². The summed E-state index contributed by atoms with van der Waals surface area (Å²) in [6.45, 7) is 0.729. The van der Waals surface area contributed by atoms with Crippen molar-refractivity contribution in [3.8, 4) is 0 Å². The van der Waals surface area contributed by atoms with Gasteiger partial charge in [-0.3, -0.25) is 0 Å². The first-order valence-corrected chi connectivity index (χ1v) is 6.60. The Morgan fingerprint density at radius 3 is 2.42 bits per heavy atom. The fourth-order valence-electron chi connectivity index (χ4n) is 1.60. The number of rotatable bonds is 5. The average molecular weight is 277 g/mol. The molecule has 0 amide bonds. The normalized spacial score (nSPS) is 10.3. The van der Waals surface area contributed by atoms with Crippen LogP contribution in [0.4, 0.5) is 11.8 Å². The van der Waals surface area contributed by atoms with Crippen molar-refractivity contribution in [1.82, 2.24) is 9.97 Å². The first-order valence-electron chi connectivity index (χ1n) is 6.07. The molecule has 1 aromatic heterocycles. The van der Waals surface area contributed by atoms with Crippen LogP contribution >= 0.6 is 11.6 Å². The number of nitrogens with one attached hydrogen (secondary N) is 1. The Labute approximate surface area is 118 Å². The molecule has 0 aliphatic heterocycles. The zero-order chi connectivity index (χ0) is 13.7. The Morgan fingerprint density at radius 2 is 1.79 bits per heavy atom. The van der Waals surface area contributed by atoms with E-state index in [4.69, 9.17) is 11.6 Å². The quantitative estimate of drug-likeness (QED) is 0.853. The van der Waals surface area contributed by atoms with Gasteiger partial charge in [0.05, 0.1) is 0 Å². The van der Waals surface area contributed by atoms with E-state index < -0.39 is 0 Å². The smallest absolute Gasteiger partial charge is 0.226 e. The van der Waals surface area contributed by atoms with Crippen molar-refractivity contribution in [3.05, 3.63) is 47.7 Å². The van der Waals surface area contributed by atoms with Crippen LogP contribution in [0.5, 0.6) is 0 Å². The molecule has 19 heavy (non-hydrogen) atoms. The van der Waals surface area contributed by atoms with E-state index in [1.54, 1.807) is 6.20 Å². The maximum atomic E-state index is 5.76. The highest BCUT2D eigenvalue weighted by atomic mass is 35.5. The molecular formula is C14H17ClN4. The molecule has 2 aromatic rings. The summed E-state index contributed by atoms with van der Waals surface area (Å²) in [6, 6.07) is 10.1. The Kier molecular flexibility index (Phi) is 4.58. The lowest BCUT2D eigenvalue weighted by atomic mass is 10.1. The van der Waals surface area contributed by atoms with Crippen molar-refractivity contribution >= 4 is 23.4 Å². The monoisotopic (exact) mass is 276 g/mol. The Morgan fingerprint density at radius 1 is 1.11 bits per heavy atom. The largest absolute Gasteiger partial charge is 0.366 e.